The second-order valence-corrected chi connectivity index (χ2v) is 8.61. The Morgan fingerprint density at radius 2 is 1.36 bits per heavy atom. The Balaban J connectivity index is 0.000000220. The molecule has 2 amide bonds. The Morgan fingerprint density at radius 1 is 0.955 bits per heavy atom. The van der Waals surface area contributed by atoms with Gasteiger partial charge < -0.3 is 10.6 Å². The molecule has 2 N–H and O–H groups in total. The van der Waals surface area contributed by atoms with Crippen LogP contribution in [0.15, 0.2) is 0 Å². The summed E-state index contributed by atoms with van der Waals surface area (Å²) in [4.78, 5) is 22.5. The molecule has 0 radical (unpaired) electrons. The van der Waals surface area contributed by atoms with E-state index in [-0.39, 0.29) is 34.7 Å². The third-order valence-electron chi connectivity index (χ3n) is 4.27. The van der Waals surface area contributed by atoms with Crippen LogP contribution in [0, 0.1) is 11.8 Å². The van der Waals surface area contributed by atoms with Gasteiger partial charge in [-0.25, -0.2) is 0 Å². The third-order valence-corrected chi connectivity index (χ3v) is 4.73. The first-order valence-electron chi connectivity index (χ1n) is 8.30. The van der Waals surface area contributed by atoms with Gasteiger partial charge in [-0.1, -0.05) is 29.3 Å². The molecule has 2 unspecified atom stereocenters. The second-order valence-electron chi connectivity index (χ2n) is 7.81. The Hall–Kier alpha value is -0.580. The second kappa shape index (κ2) is 7.80. The molecule has 2 fully saturated rings. The zero-order valence-corrected chi connectivity index (χ0v) is 16.2. The number of alkyl halides is 1. The molecular formula is C17H31BrN2O2. The molecule has 2 aliphatic rings. The van der Waals surface area contributed by atoms with Crippen molar-refractivity contribution in [2.45, 2.75) is 77.8 Å². The summed E-state index contributed by atoms with van der Waals surface area (Å²) in [6, 6.07) is 0. The molecule has 22 heavy (non-hydrogen) atoms. The molecular weight excluding hydrogens is 344 g/mol. The van der Waals surface area contributed by atoms with Crippen LogP contribution in [0.2, 0.25) is 0 Å². The minimum absolute atomic E-state index is 0.0178. The Morgan fingerprint density at radius 3 is 1.64 bits per heavy atom. The maximum atomic E-state index is 11.3. The number of amides is 2. The van der Waals surface area contributed by atoms with Crippen molar-refractivity contribution in [1.29, 1.82) is 0 Å². The van der Waals surface area contributed by atoms with Crippen LogP contribution in [-0.4, -0.2) is 28.2 Å². The van der Waals surface area contributed by atoms with Crippen LogP contribution in [0.25, 0.3) is 0 Å². The maximum absolute atomic E-state index is 11.3. The number of rotatable bonds is 4. The van der Waals surface area contributed by atoms with Gasteiger partial charge in [-0.2, -0.15) is 0 Å². The first kappa shape index (κ1) is 19.5. The third kappa shape index (κ3) is 5.90. The molecule has 5 heteroatoms. The standard InChI is InChI=1S/C9H17NO.C8H14BrNO/c1-4-5-7-6-9(2,3)10-8(7)11;1-8(2)5-6(3-4-9)7(11)10-8/h7H,4-6H2,1-3H3,(H,10,11);6H,3-5H2,1-2H3,(H,10,11). The number of nitrogens with one attached hydrogen (secondary N) is 2. The number of halogens is 1. The fourth-order valence-corrected chi connectivity index (χ4v) is 3.89. The lowest BCUT2D eigenvalue weighted by molar-refractivity contribution is -0.123. The van der Waals surface area contributed by atoms with Crippen LogP contribution in [0.5, 0.6) is 0 Å². The molecule has 2 aliphatic heterocycles. The number of hydrogen-bond acceptors (Lipinski definition) is 2. The summed E-state index contributed by atoms with van der Waals surface area (Å²) < 4.78 is 0. The zero-order valence-electron chi connectivity index (χ0n) is 14.6. The first-order chi connectivity index (χ1) is 10.1. The van der Waals surface area contributed by atoms with E-state index in [0.717, 1.165) is 37.4 Å². The minimum Gasteiger partial charge on any atom is -0.351 e. The maximum Gasteiger partial charge on any atom is 0.223 e. The average molecular weight is 375 g/mol. The van der Waals surface area contributed by atoms with E-state index in [1.54, 1.807) is 0 Å². The van der Waals surface area contributed by atoms with Crippen molar-refractivity contribution in [3.63, 3.8) is 0 Å². The summed E-state index contributed by atoms with van der Waals surface area (Å²) in [5.41, 5.74) is 0.0564. The highest BCUT2D eigenvalue weighted by atomic mass is 79.9. The lowest BCUT2D eigenvalue weighted by Gasteiger charge is -2.16. The molecule has 0 aromatic rings. The van der Waals surface area contributed by atoms with Gasteiger partial charge in [0.25, 0.3) is 0 Å². The molecule has 0 aromatic carbocycles. The van der Waals surface area contributed by atoms with Crippen LogP contribution < -0.4 is 10.6 Å². The lowest BCUT2D eigenvalue weighted by Crippen LogP contribution is -2.34. The average Bonchev–Trinajstić information content (AvgIpc) is 2.76. The molecule has 2 rings (SSSR count). The lowest BCUT2D eigenvalue weighted by atomic mass is 9.94. The molecule has 2 atom stereocenters. The molecule has 4 nitrogen and oxygen atoms in total. The van der Waals surface area contributed by atoms with Gasteiger partial charge in [-0.3, -0.25) is 9.59 Å². The fourth-order valence-electron chi connectivity index (χ4n) is 3.34. The monoisotopic (exact) mass is 374 g/mol. The normalized spacial score (nSPS) is 28.6. The van der Waals surface area contributed by atoms with Crippen LogP contribution in [-0.2, 0) is 9.59 Å². The fraction of sp³-hybridized carbons (Fsp3) is 0.882. The number of carbonyl (C=O) groups is 2. The van der Waals surface area contributed by atoms with E-state index < -0.39 is 0 Å². The Labute approximate surface area is 143 Å². The molecule has 0 saturated carbocycles. The first-order valence-corrected chi connectivity index (χ1v) is 9.42. The van der Waals surface area contributed by atoms with Crippen molar-refractivity contribution < 1.29 is 9.59 Å². The van der Waals surface area contributed by atoms with Gasteiger partial charge in [0.05, 0.1) is 0 Å². The number of carbonyl (C=O) groups excluding carboxylic acids is 2. The van der Waals surface area contributed by atoms with E-state index in [2.05, 4.69) is 61.2 Å². The highest BCUT2D eigenvalue weighted by Gasteiger charge is 2.37. The van der Waals surface area contributed by atoms with Crippen LogP contribution in [0.3, 0.4) is 0 Å². The molecule has 0 aromatic heterocycles. The van der Waals surface area contributed by atoms with E-state index in [9.17, 15) is 9.59 Å². The zero-order chi connectivity index (χ0) is 17.0. The van der Waals surface area contributed by atoms with Crippen molar-refractivity contribution in [1.82, 2.24) is 10.6 Å². The summed E-state index contributed by atoms with van der Waals surface area (Å²) >= 11 is 3.34. The summed E-state index contributed by atoms with van der Waals surface area (Å²) in [5.74, 6) is 0.964. The molecule has 2 saturated heterocycles. The van der Waals surface area contributed by atoms with Crippen LogP contribution in [0.4, 0.5) is 0 Å². The highest BCUT2D eigenvalue weighted by Crippen LogP contribution is 2.27. The summed E-state index contributed by atoms with van der Waals surface area (Å²) in [5, 5.41) is 6.88. The molecule has 128 valence electrons. The number of hydrogen-bond donors (Lipinski definition) is 2. The van der Waals surface area contributed by atoms with E-state index in [0.29, 0.717) is 0 Å². The van der Waals surface area contributed by atoms with E-state index in [1.165, 1.54) is 0 Å². The summed E-state index contributed by atoms with van der Waals surface area (Å²) in [6.07, 6.45) is 5.07. The van der Waals surface area contributed by atoms with Crippen molar-refractivity contribution in [3.8, 4) is 0 Å². The predicted molar refractivity (Wildman–Crippen MR) is 94.0 cm³/mol. The SMILES string of the molecule is CC1(C)CC(CCBr)C(=O)N1.CCCC1CC(C)(C)NC1=O. The quantitative estimate of drug-likeness (QED) is 0.740. The Kier molecular flexibility index (Phi) is 6.90. The summed E-state index contributed by atoms with van der Waals surface area (Å²) in [7, 11) is 0. The molecule has 0 spiro atoms. The van der Waals surface area contributed by atoms with Crippen molar-refractivity contribution in [3.05, 3.63) is 0 Å². The predicted octanol–water partition coefficient (Wildman–Crippen LogP) is 3.39. The molecule has 2 heterocycles. The van der Waals surface area contributed by atoms with Gasteiger partial charge in [0.15, 0.2) is 0 Å². The van der Waals surface area contributed by atoms with E-state index in [1.807, 2.05) is 0 Å². The highest BCUT2D eigenvalue weighted by molar-refractivity contribution is 9.09. The Bertz CT molecular complexity index is 369. The van der Waals surface area contributed by atoms with Gasteiger partial charge in [0.2, 0.25) is 11.8 Å². The van der Waals surface area contributed by atoms with Crippen molar-refractivity contribution in [2.75, 3.05) is 5.33 Å². The molecule has 0 bridgehead atoms. The largest absolute Gasteiger partial charge is 0.351 e. The van der Waals surface area contributed by atoms with E-state index in [4.69, 9.17) is 0 Å². The van der Waals surface area contributed by atoms with Crippen LogP contribution >= 0.6 is 15.9 Å². The molecule has 0 aliphatic carbocycles. The smallest absolute Gasteiger partial charge is 0.223 e. The van der Waals surface area contributed by atoms with Gasteiger partial charge in [-0.15, -0.1) is 0 Å². The topological polar surface area (TPSA) is 58.2 Å². The van der Waals surface area contributed by atoms with E-state index >= 15 is 0 Å². The van der Waals surface area contributed by atoms with Crippen LogP contribution in [0.1, 0.15) is 66.7 Å². The van der Waals surface area contributed by atoms with Crippen molar-refractivity contribution in [2.24, 2.45) is 11.8 Å². The van der Waals surface area contributed by atoms with Gasteiger partial charge in [0.1, 0.15) is 0 Å². The van der Waals surface area contributed by atoms with Crippen molar-refractivity contribution >= 4 is 27.7 Å². The minimum atomic E-state index is 0.0178. The van der Waals surface area contributed by atoms with Gasteiger partial charge >= 0.3 is 0 Å². The summed E-state index contributed by atoms with van der Waals surface area (Å²) in [6.45, 7) is 10.4. The van der Waals surface area contributed by atoms with Gasteiger partial charge in [0, 0.05) is 28.2 Å². The van der Waals surface area contributed by atoms with Gasteiger partial charge in [-0.05, 0) is 53.4 Å².